The zero-order valence-corrected chi connectivity index (χ0v) is 12.8. The summed E-state index contributed by atoms with van der Waals surface area (Å²) >= 11 is 3.61. The van der Waals surface area contributed by atoms with Crippen molar-refractivity contribution in [2.24, 2.45) is 7.05 Å². The standard InChI is InChI=1S/C14H15N3S2/c1-4-18-11-5-6-19-12(11)14-16-10-7-9(2)8-15-13(10)17(14)3/h5-8H,4H2,1-3H3. The van der Waals surface area contributed by atoms with Crippen LogP contribution in [-0.2, 0) is 7.05 Å². The summed E-state index contributed by atoms with van der Waals surface area (Å²) in [6.07, 6.45) is 1.89. The first-order valence-electron chi connectivity index (χ1n) is 6.20. The minimum absolute atomic E-state index is 0.946. The van der Waals surface area contributed by atoms with Crippen molar-refractivity contribution in [3.05, 3.63) is 29.3 Å². The fourth-order valence-electron chi connectivity index (χ4n) is 2.11. The van der Waals surface area contributed by atoms with Gasteiger partial charge in [0, 0.05) is 18.1 Å². The van der Waals surface area contributed by atoms with E-state index < -0.39 is 0 Å². The molecule has 0 aromatic carbocycles. The van der Waals surface area contributed by atoms with Crippen molar-refractivity contribution in [1.29, 1.82) is 0 Å². The lowest BCUT2D eigenvalue weighted by atomic mass is 10.3. The lowest BCUT2D eigenvalue weighted by Crippen LogP contribution is -1.93. The molecular formula is C14H15N3S2. The molecule has 0 saturated heterocycles. The van der Waals surface area contributed by atoms with E-state index in [9.17, 15) is 0 Å². The minimum atomic E-state index is 0.946. The summed E-state index contributed by atoms with van der Waals surface area (Å²) in [5, 5.41) is 2.13. The number of nitrogens with zero attached hydrogens (tertiary/aromatic N) is 3. The Morgan fingerprint density at radius 2 is 2.26 bits per heavy atom. The van der Waals surface area contributed by atoms with Crippen LogP contribution in [0.15, 0.2) is 28.6 Å². The molecule has 0 aliphatic heterocycles. The zero-order chi connectivity index (χ0) is 13.4. The van der Waals surface area contributed by atoms with Crippen molar-refractivity contribution < 1.29 is 0 Å². The number of pyridine rings is 1. The molecule has 3 nitrogen and oxygen atoms in total. The van der Waals surface area contributed by atoms with Gasteiger partial charge in [0.05, 0.1) is 4.88 Å². The molecule has 0 spiro atoms. The molecule has 0 radical (unpaired) electrons. The lowest BCUT2D eigenvalue weighted by Gasteiger charge is -2.02. The van der Waals surface area contributed by atoms with Gasteiger partial charge in [-0.3, -0.25) is 0 Å². The molecule has 0 N–H and O–H groups in total. The van der Waals surface area contributed by atoms with Crippen LogP contribution in [0.2, 0.25) is 0 Å². The van der Waals surface area contributed by atoms with Gasteiger partial charge < -0.3 is 4.57 Å². The van der Waals surface area contributed by atoms with Gasteiger partial charge >= 0.3 is 0 Å². The van der Waals surface area contributed by atoms with E-state index in [4.69, 9.17) is 4.98 Å². The summed E-state index contributed by atoms with van der Waals surface area (Å²) in [6.45, 7) is 4.22. The topological polar surface area (TPSA) is 30.7 Å². The predicted molar refractivity (Wildman–Crippen MR) is 83.0 cm³/mol. The van der Waals surface area contributed by atoms with Crippen molar-refractivity contribution in [3.8, 4) is 10.7 Å². The summed E-state index contributed by atoms with van der Waals surface area (Å²) in [5.74, 6) is 2.09. The number of aromatic nitrogens is 3. The second-order valence-electron chi connectivity index (χ2n) is 4.40. The SMILES string of the molecule is CCSc1ccsc1-c1nc2cc(C)cnc2n1C. The van der Waals surface area contributed by atoms with E-state index in [1.807, 2.05) is 31.9 Å². The summed E-state index contributed by atoms with van der Waals surface area (Å²) < 4.78 is 2.08. The maximum Gasteiger partial charge on any atom is 0.160 e. The second-order valence-corrected chi connectivity index (χ2v) is 6.62. The number of rotatable bonds is 3. The molecule has 0 fully saturated rings. The fraction of sp³-hybridized carbons (Fsp3) is 0.286. The van der Waals surface area contributed by atoms with Gasteiger partial charge in [-0.2, -0.15) is 0 Å². The van der Waals surface area contributed by atoms with E-state index in [0.717, 1.165) is 28.3 Å². The molecule has 0 aliphatic rings. The molecule has 0 unspecified atom stereocenters. The van der Waals surface area contributed by atoms with Crippen LogP contribution in [0, 0.1) is 6.92 Å². The highest BCUT2D eigenvalue weighted by molar-refractivity contribution is 7.99. The van der Waals surface area contributed by atoms with E-state index >= 15 is 0 Å². The van der Waals surface area contributed by atoms with Gasteiger partial charge in [-0.25, -0.2) is 9.97 Å². The Labute approximate surface area is 120 Å². The maximum atomic E-state index is 4.76. The summed E-state index contributed by atoms with van der Waals surface area (Å²) in [5.41, 5.74) is 3.06. The second kappa shape index (κ2) is 4.98. The van der Waals surface area contributed by atoms with Crippen LogP contribution in [0.25, 0.3) is 21.9 Å². The summed E-state index contributed by atoms with van der Waals surface area (Å²) in [6, 6.07) is 4.26. The predicted octanol–water partition coefficient (Wildman–Crippen LogP) is 4.12. The Bertz CT molecular complexity index is 727. The van der Waals surface area contributed by atoms with Gasteiger partial charge in [0.1, 0.15) is 5.52 Å². The van der Waals surface area contributed by atoms with E-state index in [-0.39, 0.29) is 0 Å². The van der Waals surface area contributed by atoms with Crippen LogP contribution in [0.4, 0.5) is 0 Å². The van der Waals surface area contributed by atoms with Gasteiger partial charge in [-0.1, -0.05) is 6.92 Å². The van der Waals surface area contributed by atoms with Crippen molar-refractivity contribution in [2.75, 3.05) is 5.75 Å². The third-order valence-corrected chi connectivity index (χ3v) is 4.96. The van der Waals surface area contributed by atoms with Crippen LogP contribution in [-0.4, -0.2) is 20.3 Å². The van der Waals surface area contributed by atoms with Crippen molar-refractivity contribution in [1.82, 2.24) is 14.5 Å². The maximum absolute atomic E-state index is 4.76. The molecule has 0 bridgehead atoms. The van der Waals surface area contributed by atoms with E-state index in [1.165, 1.54) is 9.77 Å². The van der Waals surface area contributed by atoms with Gasteiger partial charge in [-0.15, -0.1) is 23.1 Å². The molecule has 19 heavy (non-hydrogen) atoms. The molecule has 0 aliphatic carbocycles. The molecule has 3 aromatic heterocycles. The Kier molecular flexibility index (Phi) is 3.33. The average molecular weight is 289 g/mol. The molecule has 0 saturated carbocycles. The highest BCUT2D eigenvalue weighted by Crippen LogP contribution is 2.36. The number of thioether (sulfide) groups is 1. The molecule has 98 valence electrons. The molecule has 3 rings (SSSR count). The molecular weight excluding hydrogens is 274 g/mol. The van der Waals surface area contributed by atoms with Crippen LogP contribution in [0.5, 0.6) is 0 Å². The Morgan fingerprint density at radius 3 is 3.05 bits per heavy atom. The van der Waals surface area contributed by atoms with E-state index in [1.54, 1.807) is 11.3 Å². The third kappa shape index (κ3) is 2.17. The van der Waals surface area contributed by atoms with Gasteiger partial charge in [0.25, 0.3) is 0 Å². The zero-order valence-electron chi connectivity index (χ0n) is 11.2. The summed E-state index contributed by atoms with van der Waals surface area (Å²) in [4.78, 5) is 11.8. The summed E-state index contributed by atoms with van der Waals surface area (Å²) in [7, 11) is 2.03. The monoisotopic (exact) mass is 289 g/mol. The average Bonchev–Trinajstić information content (AvgIpc) is 2.95. The molecule has 5 heteroatoms. The van der Waals surface area contributed by atoms with Gasteiger partial charge in [0.2, 0.25) is 0 Å². The number of thiophene rings is 1. The Balaban J connectivity index is 2.19. The lowest BCUT2D eigenvalue weighted by molar-refractivity contribution is 0.941. The van der Waals surface area contributed by atoms with Crippen molar-refractivity contribution in [2.45, 2.75) is 18.7 Å². The van der Waals surface area contributed by atoms with E-state index in [2.05, 4.69) is 34.0 Å². The number of fused-ring (bicyclic) bond motifs is 1. The van der Waals surface area contributed by atoms with Crippen LogP contribution in [0.3, 0.4) is 0 Å². The van der Waals surface area contributed by atoms with Gasteiger partial charge in [-0.05, 0) is 35.8 Å². The molecule has 0 atom stereocenters. The number of imidazole rings is 1. The normalized spacial score (nSPS) is 11.3. The van der Waals surface area contributed by atoms with Crippen molar-refractivity contribution >= 4 is 34.3 Å². The highest BCUT2D eigenvalue weighted by atomic mass is 32.2. The minimum Gasteiger partial charge on any atom is -0.311 e. The first-order valence-corrected chi connectivity index (χ1v) is 8.07. The highest BCUT2D eigenvalue weighted by Gasteiger charge is 2.15. The first kappa shape index (κ1) is 12.7. The van der Waals surface area contributed by atoms with Gasteiger partial charge in [0.15, 0.2) is 11.5 Å². The van der Waals surface area contributed by atoms with Crippen LogP contribution in [0.1, 0.15) is 12.5 Å². The Morgan fingerprint density at radius 1 is 1.42 bits per heavy atom. The number of hydrogen-bond acceptors (Lipinski definition) is 4. The molecule has 3 heterocycles. The third-order valence-electron chi connectivity index (χ3n) is 2.98. The van der Waals surface area contributed by atoms with Crippen molar-refractivity contribution in [3.63, 3.8) is 0 Å². The largest absolute Gasteiger partial charge is 0.311 e. The molecule has 3 aromatic rings. The Hall–Kier alpha value is -1.33. The molecule has 0 amide bonds. The smallest absolute Gasteiger partial charge is 0.160 e. The number of hydrogen-bond donors (Lipinski definition) is 0. The number of aryl methyl sites for hydroxylation is 2. The van der Waals surface area contributed by atoms with Crippen LogP contribution < -0.4 is 0 Å². The quantitative estimate of drug-likeness (QED) is 0.680. The van der Waals surface area contributed by atoms with Crippen LogP contribution >= 0.6 is 23.1 Å². The van der Waals surface area contributed by atoms with E-state index in [0.29, 0.717) is 0 Å². The fourth-order valence-corrected chi connectivity index (χ4v) is 4.03. The first-order chi connectivity index (χ1) is 9.20.